The van der Waals surface area contributed by atoms with E-state index >= 15 is 0 Å². The van der Waals surface area contributed by atoms with Crippen LogP contribution in [0.4, 0.5) is 0 Å². The van der Waals surface area contributed by atoms with E-state index in [2.05, 4.69) is 17.6 Å². The fourth-order valence-electron chi connectivity index (χ4n) is 2.53. The van der Waals surface area contributed by atoms with Gasteiger partial charge in [-0.3, -0.25) is 4.79 Å². The van der Waals surface area contributed by atoms with Crippen LogP contribution in [0.15, 0.2) is 6.07 Å². The zero-order valence-corrected chi connectivity index (χ0v) is 12.2. The van der Waals surface area contributed by atoms with Crippen molar-refractivity contribution >= 4 is 6.41 Å². The maximum atomic E-state index is 10.6. The highest BCUT2D eigenvalue weighted by molar-refractivity contribution is 5.46. The molecular weight excluding hydrogens is 224 g/mol. The van der Waals surface area contributed by atoms with Crippen molar-refractivity contribution in [3.8, 4) is 0 Å². The van der Waals surface area contributed by atoms with Gasteiger partial charge in [0.15, 0.2) is 0 Å². The molecule has 0 spiro atoms. The Morgan fingerprint density at radius 1 is 1.39 bits per heavy atom. The van der Waals surface area contributed by atoms with Crippen LogP contribution < -0.4 is 0 Å². The summed E-state index contributed by atoms with van der Waals surface area (Å²) in [7, 11) is 1.84. The van der Waals surface area contributed by atoms with Crippen molar-refractivity contribution in [1.29, 1.82) is 0 Å². The van der Waals surface area contributed by atoms with Crippen LogP contribution in [0.2, 0.25) is 0 Å². The van der Waals surface area contributed by atoms with Crippen LogP contribution >= 0.6 is 0 Å². The van der Waals surface area contributed by atoms with E-state index in [1.54, 1.807) is 4.90 Å². The van der Waals surface area contributed by atoms with Crippen LogP contribution in [0.3, 0.4) is 0 Å². The molecule has 2 rings (SSSR count). The van der Waals surface area contributed by atoms with Crippen molar-refractivity contribution in [1.82, 2.24) is 9.47 Å². The first-order valence-corrected chi connectivity index (χ1v) is 7.06. The molecule has 1 amide bonds. The summed E-state index contributed by atoms with van der Waals surface area (Å²) in [5, 5.41) is 0. The Hall–Kier alpha value is -1.25. The minimum atomic E-state index is 0.813. The number of carbonyl (C=O) groups is 1. The molecule has 1 aliphatic heterocycles. The molecule has 0 N–H and O–H groups in total. The molecule has 0 aromatic carbocycles. The van der Waals surface area contributed by atoms with E-state index in [0.717, 1.165) is 25.9 Å². The van der Waals surface area contributed by atoms with Gasteiger partial charge in [0.1, 0.15) is 0 Å². The average molecular weight is 250 g/mol. The number of hydrogen-bond donors (Lipinski definition) is 0. The van der Waals surface area contributed by atoms with Crippen molar-refractivity contribution in [2.24, 2.45) is 0 Å². The zero-order chi connectivity index (χ0) is 13.5. The summed E-state index contributed by atoms with van der Waals surface area (Å²) < 4.78 is 2.46. The number of hydrogen-bond acceptors (Lipinski definition) is 1. The van der Waals surface area contributed by atoms with Gasteiger partial charge in [0, 0.05) is 37.9 Å². The normalized spacial score (nSPS) is 13.3. The minimum absolute atomic E-state index is 0.813. The van der Waals surface area contributed by atoms with E-state index < -0.39 is 0 Å². The first-order valence-electron chi connectivity index (χ1n) is 7.06. The molecule has 0 saturated heterocycles. The molecule has 1 aromatic heterocycles. The van der Waals surface area contributed by atoms with E-state index in [9.17, 15) is 4.79 Å². The molecule has 102 valence electrons. The Bertz CT molecular complexity index is 382. The van der Waals surface area contributed by atoms with E-state index in [1.165, 1.54) is 36.2 Å². The van der Waals surface area contributed by atoms with Crippen molar-refractivity contribution in [3.63, 3.8) is 0 Å². The van der Waals surface area contributed by atoms with Crippen molar-refractivity contribution < 1.29 is 4.79 Å². The molecule has 3 heteroatoms. The lowest BCUT2D eigenvalue weighted by atomic mass is 10.1. The lowest BCUT2D eigenvalue weighted by molar-refractivity contribution is -0.116. The van der Waals surface area contributed by atoms with Gasteiger partial charge in [-0.25, -0.2) is 0 Å². The van der Waals surface area contributed by atoms with E-state index in [1.807, 2.05) is 20.9 Å². The maximum Gasteiger partial charge on any atom is 0.209 e. The number of likely N-dealkylation sites (N-methyl/N-ethyl adjacent to an activating group) is 1. The molecule has 18 heavy (non-hydrogen) atoms. The second-order valence-electron chi connectivity index (χ2n) is 4.71. The van der Waals surface area contributed by atoms with Gasteiger partial charge >= 0.3 is 0 Å². The zero-order valence-electron chi connectivity index (χ0n) is 12.2. The number of amides is 1. The van der Waals surface area contributed by atoms with E-state index in [0.29, 0.717) is 0 Å². The second kappa shape index (κ2) is 7.24. The lowest BCUT2D eigenvalue weighted by Crippen LogP contribution is -2.21. The second-order valence-corrected chi connectivity index (χ2v) is 4.71. The summed E-state index contributed by atoms with van der Waals surface area (Å²) in [6.07, 6.45) is 5.69. The maximum absolute atomic E-state index is 10.6. The number of aryl methyl sites for hydroxylation is 2. The predicted octanol–water partition coefficient (Wildman–Crippen LogP) is 2.79. The fraction of sp³-hybridized carbons (Fsp3) is 0.667. The Kier molecular flexibility index (Phi) is 5.96. The fourth-order valence-corrected chi connectivity index (χ4v) is 2.53. The highest BCUT2D eigenvalue weighted by atomic mass is 16.1. The van der Waals surface area contributed by atoms with E-state index in [-0.39, 0.29) is 0 Å². The molecule has 1 aliphatic rings. The van der Waals surface area contributed by atoms with Gasteiger partial charge in [-0.1, -0.05) is 13.8 Å². The smallest absolute Gasteiger partial charge is 0.209 e. The molecule has 3 nitrogen and oxygen atoms in total. The van der Waals surface area contributed by atoms with Gasteiger partial charge in [0.05, 0.1) is 0 Å². The molecule has 0 atom stereocenters. The third-order valence-corrected chi connectivity index (χ3v) is 3.46. The Balaban J connectivity index is 0.000000771. The van der Waals surface area contributed by atoms with Gasteiger partial charge in [-0.2, -0.15) is 0 Å². The summed E-state index contributed by atoms with van der Waals surface area (Å²) in [5.74, 6) is 0. The number of fused-ring (bicyclic) bond motifs is 1. The minimum Gasteiger partial charge on any atom is -0.348 e. The third-order valence-electron chi connectivity index (χ3n) is 3.46. The topological polar surface area (TPSA) is 25.2 Å². The molecule has 0 bridgehead atoms. The third kappa shape index (κ3) is 3.37. The SMILES string of the molecule is CC.Cc1cc2n(c1CCN(C)C=O)CCCC2. The highest BCUT2D eigenvalue weighted by Gasteiger charge is 2.15. The number of aromatic nitrogens is 1. The van der Waals surface area contributed by atoms with Gasteiger partial charge in [0.2, 0.25) is 6.41 Å². The van der Waals surface area contributed by atoms with Gasteiger partial charge < -0.3 is 9.47 Å². The molecule has 1 aromatic rings. The van der Waals surface area contributed by atoms with Gasteiger partial charge in [0.25, 0.3) is 0 Å². The van der Waals surface area contributed by atoms with Crippen LogP contribution in [0, 0.1) is 6.92 Å². The summed E-state index contributed by atoms with van der Waals surface area (Å²) in [4.78, 5) is 12.3. The van der Waals surface area contributed by atoms with E-state index in [4.69, 9.17) is 0 Å². The summed E-state index contributed by atoms with van der Waals surface area (Å²) >= 11 is 0. The van der Waals surface area contributed by atoms with Crippen LogP contribution in [0.25, 0.3) is 0 Å². The Labute approximate surface area is 111 Å². The number of carbonyl (C=O) groups excluding carboxylic acids is 1. The lowest BCUT2D eigenvalue weighted by Gasteiger charge is -2.19. The largest absolute Gasteiger partial charge is 0.348 e. The highest BCUT2D eigenvalue weighted by Crippen LogP contribution is 2.22. The molecule has 0 saturated carbocycles. The van der Waals surface area contributed by atoms with Gasteiger partial charge in [-0.05, 0) is 37.8 Å². The van der Waals surface area contributed by atoms with Crippen molar-refractivity contribution in [2.45, 2.75) is 53.0 Å². The van der Waals surface area contributed by atoms with Crippen LogP contribution in [0.1, 0.15) is 43.6 Å². The average Bonchev–Trinajstić information content (AvgIpc) is 2.74. The molecule has 0 fully saturated rings. The van der Waals surface area contributed by atoms with Gasteiger partial charge in [-0.15, -0.1) is 0 Å². The van der Waals surface area contributed by atoms with Crippen molar-refractivity contribution in [3.05, 3.63) is 23.0 Å². The Morgan fingerprint density at radius 2 is 2.11 bits per heavy atom. The standard InChI is InChI=1S/C13H20N2O.C2H6/c1-11-9-12-5-3-4-7-15(12)13(11)6-8-14(2)10-16;1-2/h9-10H,3-8H2,1-2H3;1-2H3. The number of nitrogens with zero attached hydrogens (tertiary/aromatic N) is 2. The molecule has 0 aliphatic carbocycles. The Morgan fingerprint density at radius 3 is 2.78 bits per heavy atom. The monoisotopic (exact) mass is 250 g/mol. The van der Waals surface area contributed by atoms with Crippen LogP contribution in [0.5, 0.6) is 0 Å². The van der Waals surface area contributed by atoms with Crippen LogP contribution in [-0.2, 0) is 24.2 Å². The number of rotatable bonds is 4. The molecule has 0 radical (unpaired) electrons. The van der Waals surface area contributed by atoms with Crippen LogP contribution in [-0.4, -0.2) is 29.5 Å². The first kappa shape index (κ1) is 14.8. The summed E-state index contributed by atoms with van der Waals surface area (Å²) in [5.41, 5.74) is 4.28. The first-order chi connectivity index (χ1) is 8.72. The quantitative estimate of drug-likeness (QED) is 0.754. The molecule has 2 heterocycles. The summed E-state index contributed by atoms with van der Waals surface area (Å²) in [6, 6.07) is 2.31. The van der Waals surface area contributed by atoms with Crippen molar-refractivity contribution in [2.75, 3.05) is 13.6 Å². The molecule has 0 unspecified atom stereocenters. The summed E-state index contributed by atoms with van der Waals surface area (Å²) in [6.45, 7) is 8.15. The molecular formula is C15H26N2O. The predicted molar refractivity (Wildman–Crippen MR) is 75.9 cm³/mol.